The Morgan fingerprint density at radius 2 is 1.44 bits per heavy atom. The molecule has 1 fully saturated rings. The molecule has 2 aliphatic heterocycles. The standard InChI is InChI=1S/C29H32N2O5/c1-30-24-13-12-21(34-3)14-23(24)27(18-6-9-20(33-2)10-7-18)28-25(30)17-31(29(28)32)16-19-8-11-22(35-4)15-26(19)36-5/h6-15,25,27-28H,16-17H2,1-5H3/t25-,27-,28+/m1/s1. The van der Waals surface area contributed by atoms with Crippen LogP contribution in [0.5, 0.6) is 23.0 Å². The largest absolute Gasteiger partial charge is 0.497 e. The van der Waals surface area contributed by atoms with Gasteiger partial charge in [0.2, 0.25) is 5.91 Å². The number of methoxy groups -OCH3 is 4. The lowest BCUT2D eigenvalue weighted by atomic mass is 9.74. The van der Waals surface area contributed by atoms with Crippen LogP contribution in [0, 0.1) is 5.92 Å². The normalized spacial score (nSPS) is 20.6. The SMILES string of the molecule is COc1ccc([C@@H]2c3cc(OC)ccc3N(C)[C@@H]3CN(Cc4ccc(OC)cc4OC)C(=O)[C@H]23)cc1. The van der Waals surface area contributed by atoms with Crippen LogP contribution in [-0.2, 0) is 11.3 Å². The van der Waals surface area contributed by atoms with Crippen LogP contribution in [0.1, 0.15) is 22.6 Å². The summed E-state index contributed by atoms with van der Waals surface area (Å²) in [5.41, 5.74) is 4.26. The maximum Gasteiger partial charge on any atom is 0.229 e. The van der Waals surface area contributed by atoms with E-state index >= 15 is 0 Å². The van der Waals surface area contributed by atoms with Crippen molar-refractivity contribution < 1.29 is 23.7 Å². The molecule has 2 heterocycles. The van der Waals surface area contributed by atoms with Crippen molar-refractivity contribution in [1.82, 2.24) is 4.90 Å². The quantitative estimate of drug-likeness (QED) is 0.494. The molecule has 0 bridgehead atoms. The van der Waals surface area contributed by atoms with E-state index in [4.69, 9.17) is 18.9 Å². The molecule has 36 heavy (non-hydrogen) atoms. The highest BCUT2D eigenvalue weighted by Gasteiger charge is 2.51. The third-order valence-corrected chi connectivity index (χ3v) is 7.56. The van der Waals surface area contributed by atoms with Gasteiger partial charge in [-0.1, -0.05) is 12.1 Å². The third-order valence-electron chi connectivity index (χ3n) is 7.56. The Morgan fingerprint density at radius 3 is 2.11 bits per heavy atom. The molecule has 7 heteroatoms. The first-order valence-corrected chi connectivity index (χ1v) is 12.0. The van der Waals surface area contributed by atoms with Crippen LogP contribution in [0.3, 0.4) is 0 Å². The van der Waals surface area contributed by atoms with Gasteiger partial charge in [0, 0.05) is 43.4 Å². The first-order valence-electron chi connectivity index (χ1n) is 12.0. The second kappa shape index (κ2) is 9.64. The second-order valence-corrected chi connectivity index (χ2v) is 9.28. The van der Waals surface area contributed by atoms with Gasteiger partial charge in [0.05, 0.1) is 40.4 Å². The molecule has 0 saturated carbocycles. The van der Waals surface area contributed by atoms with Crippen LogP contribution in [-0.4, -0.2) is 58.9 Å². The van der Waals surface area contributed by atoms with Gasteiger partial charge in [0.15, 0.2) is 0 Å². The average molecular weight is 489 g/mol. The van der Waals surface area contributed by atoms with Gasteiger partial charge in [0.1, 0.15) is 23.0 Å². The minimum absolute atomic E-state index is 0.0368. The van der Waals surface area contributed by atoms with Crippen LogP contribution in [0.4, 0.5) is 5.69 Å². The molecule has 5 rings (SSSR count). The van der Waals surface area contributed by atoms with E-state index in [-0.39, 0.29) is 23.8 Å². The van der Waals surface area contributed by atoms with Crippen molar-refractivity contribution in [2.45, 2.75) is 18.5 Å². The molecule has 2 aliphatic rings. The van der Waals surface area contributed by atoms with Crippen LogP contribution in [0.2, 0.25) is 0 Å². The maximum absolute atomic E-state index is 14.1. The molecule has 0 aromatic heterocycles. The molecule has 0 N–H and O–H groups in total. The number of benzene rings is 3. The molecule has 3 aromatic carbocycles. The molecule has 0 aliphatic carbocycles. The number of fused-ring (bicyclic) bond motifs is 2. The summed E-state index contributed by atoms with van der Waals surface area (Å²) < 4.78 is 21.9. The Kier molecular flexibility index (Phi) is 6.39. The highest BCUT2D eigenvalue weighted by molar-refractivity contribution is 5.87. The molecule has 0 unspecified atom stereocenters. The van der Waals surface area contributed by atoms with Crippen molar-refractivity contribution in [3.05, 3.63) is 77.4 Å². The lowest BCUT2D eigenvalue weighted by Gasteiger charge is -2.41. The molecule has 7 nitrogen and oxygen atoms in total. The zero-order chi connectivity index (χ0) is 25.4. The van der Waals surface area contributed by atoms with E-state index in [9.17, 15) is 4.79 Å². The lowest BCUT2D eigenvalue weighted by Crippen LogP contribution is -2.45. The Morgan fingerprint density at radius 1 is 0.806 bits per heavy atom. The maximum atomic E-state index is 14.1. The first-order chi connectivity index (χ1) is 17.5. The van der Waals surface area contributed by atoms with E-state index in [0.717, 1.165) is 39.6 Å². The number of carbonyl (C=O) groups excluding carboxylic acids is 1. The molecule has 1 amide bonds. The zero-order valence-electron chi connectivity index (χ0n) is 21.4. The van der Waals surface area contributed by atoms with Crippen molar-refractivity contribution in [3.8, 4) is 23.0 Å². The van der Waals surface area contributed by atoms with E-state index < -0.39 is 0 Å². The number of likely N-dealkylation sites (tertiary alicyclic amines) is 1. The number of nitrogens with zero attached hydrogens (tertiary/aromatic N) is 2. The van der Waals surface area contributed by atoms with Crippen molar-refractivity contribution in [2.24, 2.45) is 5.92 Å². The Balaban J connectivity index is 1.55. The number of amides is 1. The number of carbonyl (C=O) groups is 1. The molecule has 0 radical (unpaired) electrons. The van der Waals surface area contributed by atoms with E-state index in [2.05, 4.69) is 36.2 Å². The van der Waals surface area contributed by atoms with Crippen LogP contribution in [0.15, 0.2) is 60.7 Å². The van der Waals surface area contributed by atoms with Gasteiger partial charge in [-0.3, -0.25) is 4.79 Å². The fraction of sp³-hybridized carbons (Fsp3) is 0.345. The predicted molar refractivity (Wildman–Crippen MR) is 138 cm³/mol. The number of ether oxygens (including phenoxy) is 4. The topological polar surface area (TPSA) is 60.5 Å². The first kappa shape index (κ1) is 23.9. The minimum Gasteiger partial charge on any atom is -0.497 e. The Hall–Kier alpha value is -3.87. The van der Waals surface area contributed by atoms with Gasteiger partial charge < -0.3 is 28.7 Å². The van der Waals surface area contributed by atoms with E-state index in [1.807, 2.05) is 41.3 Å². The fourth-order valence-corrected chi connectivity index (χ4v) is 5.66. The molecule has 3 atom stereocenters. The summed E-state index contributed by atoms with van der Waals surface area (Å²) in [7, 11) is 8.68. The molecule has 3 aromatic rings. The van der Waals surface area contributed by atoms with Crippen molar-refractivity contribution >= 4 is 11.6 Å². The van der Waals surface area contributed by atoms with Crippen molar-refractivity contribution in [1.29, 1.82) is 0 Å². The van der Waals surface area contributed by atoms with E-state index in [1.54, 1.807) is 28.4 Å². The highest BCUT2D eigenvalue weighted by Crippen LogP contribution is 2.49. The number of hydrogen-bond acceptors (Lipinski definition) is 6. The smallest absolute Gasteiger partial charge is 0.229 e. The summed E-state index contributed by atoms with van der Waals surface area (Å²) in [6.07, 6.45) is 0. The molecule has 0 spiro atoms. The fourth-order valence-electron chi connectivity index (χ4n) is 5.66. The van der Waals surface area contributed by atoms with E-state index in [1.165, 1.54) is 0 Å². The van der Waals surface area contributed by atoms with Crippen molar-refractivity contribution in [2.75, 3.05) is 46.9 Å². The van der Waals surface area contributed by atoms with Gasteiger partial charge in [-0.25, -0.2) is 0 Å². The molecule has 1 saturated heterocycles. The van der Waals surface area contributed by atoms with Gasteiger partial charge in [-0.05, 0) is 53.6 Å². The van der Waals surface area contributed by atoms with Gasteiger partial charge in [0.25, 0.3) is 0 Å². The van der Waals surface area contributed by atoms with Crippen LogP contribution >= 0.6 is 0 Å². The third kappa shape index (κ3) is 3.98. The zero-order valence-corrected chi connectivity index (χ0v) is 21.4. The van der Waals surface area contributed by atoms with Crippen LogP contribution in [0.25, 0.3) is 0 Å². The Bertz CT molecular complexity index is 1260. The summed E-state index contributed by atoms with van der Waals surface area (Å²) in [4.78, 5) is 18.3. The average Bonchev–Trinajstić information content (AvgIpc) is 3.24. The Labute approximate surface area is 212 Å². The number of likely N-dealkylation sites (N-methyl/N-ethyl adjacent to an activating group) is 1. The summed E-state index contributed by atoms with van der Waals surface area (Å²) in [5.74, 6) is 2.82. The molecular formula is C29H32N2O5. The lowest BCUT2D eigenvalue weighted by molar-refractivity contribution is -0.131. The van der Waals surface area contributed by atoms with Crippen LogP contribution < -0.4 is 23.8 Å². The number of rotatable bonds is 7. The van der Waals surface area contributed by atoms with Gasteiger partial charge in [-0.15, -0.1) is 0 Å². The van der Waals surface area contributed by atoms with Crippen molar-refractivity contribution in [3.63, 3.8) is 0 Å². The molecule has 188 valence electrons. The predicted octanol–water partition coefficient (Wildman–Crippen LogP) is 4.33. The van der Waals surface area contributed by atoms with Gasteiger partial charge >= 0.3 is 0 Å². The minimum atomic E-state index is -0.229. The van der Waals surface area contributed by atoms with Gasteiger partial charge in [-0.2, -0.15) is 0 Å². The highest BCUT2D eigenvalue weighted by atomic mass is 16.5. The number of anilines is 1. The molecular weight excluding hydrogens is 456 g/mol. The summed E-state index contributed by atoms with van der Waals surface area (Å²) >= 11 is 0. The summed E-state index contributed by atoms with van der Waals surface area (Å²) in [6.45, 7) is 1.11. The summed E-state index contributed by atoms with van der Waals surface area (Å²) in [6, 6.07) is 20.0. The number of hydrogen-bond donors (Lipinski definition) is 0. The monoisotopic (exact) mass is 488 g/mol. The van der Waals surface area contributed by atoms with E-state index in [0.29, 0.717) is 18.8 Å². The summed E-state index contributed by atoms with van der Waals surface area (Å²) in [5, 5.41) is 0. The second-order valence-electron chi connectivity index (χ2n) is 9.28.